The zero-order chi connectivity index (χ0) is 13.2. The number of hydrogen-bond donors (Lipinski definition) is 0. The number of nitrogens with zero attached hydrogens (tertiary/aromatic N) is 1. The van der Waals surface area contributed by atoms with E-state index in [1.807, 2.05) is 12.1 Å². The van der Waals surface area contributed by atoms with E-state index in [9.17, 15) is 4.79 Å². The van der Waals surface area contributed by atoms with Crippen molar-refractivity contribution in [1.29, 1.82) is 0 Å². The molecule has 0 spiro atoms. The summed E-state index contributed by atoms with van der Waals surface area (Å²) in [5.41, 5.74) is 4.90. The van der Waals surface area contributed by atoms with Crippen molar-refractivity contribution in [3.8, 4) is 0 Å². The van der Waals surface area contributed by atoms with Crippen molar-refractivity contribution in [2.75, 3.05) is 13.7 Å². The fourth-order valence-corrected chi connectivity index (χ4v) is 3.16. The average Bonchev–Trinajstić information content (AvgIpc) is 2.78. The van der Waals surface area contributed by atoms with Crippen molar-refractivity contribution in [1.82, 2.24) is 4.57 Å². The number of aromatic nitrogens is 1. The predicted molar refractivity (Wildman–Crippen MR) is 75.8 cm³/mol. The van der Waals surface area contributed by atoms with Crippen LogP contribution in [0.3, 0.4) is 0 Å². The highest BCUT2D eigenvalue weighted by molar-refractivity contribution is 5.91. The first-order chi connectivity index (χ1) is 9.35. The number of carbonyl (C=O) groups is 1. The molecule has 0 atom stereocenters. The summed E-state index contributed by atoms with van der Waals surface area (Å²) in [6, 6.07) is 6.02. The Bertz CT molecular complexity index is 613. The Morgan fingerprint density at radius 3 is 2.95 bits per heavy atom. The second kappa shape index (κ2) is 5.17. The molecule has 1 heterocycles. The van der Waals surface area contributed by atoms with Crippen molar-refractivity contribution in [3.63, 3.8) is 0 Å². The molecule has 0 unspecified atom stereocenters. The van der Waals surface area contributed by atoms with Crippen LogP contribution < -0.4 is 0 Å². The van der Waals surface area contributed by atoms with E-state index in [4.69, 9.17) is 4.74 Å². The molecule has 0 fully saturated rings. The summed E-state index contributed by atoms with van der Waals surface area (Å²) in [6.07, 6.45) is 5.72. The van der Waals surface area contributed by atoms with Crippen molar-refractivity contribution in [3.05, 3.63) is 35.0 Å². The van der Waals surface area contributed by atoms with E-state index in [0.29, 0.717) is 0 Å². The lowest BCUT2D eigenvalue weighted by Crippen LogP contribution is -2.11. The number of benzene rings is 1. The number of rotatable bonds is 4. The molecule has 0 N–H and O–H groups in total. The Morgan fingerprint density at radius 2 is 2.16 bits per heavy atom. The minimum Gasteiger partial charge on any atom is -0.383 e. The smallest absolute Gasteiger partial charge is 0.150 e. The third-order valence-corrected chi connectivity index (χ3v) is 4.06. The number of methoxy groups -OCH3 is 1. The van der Waals surface area contributed by atoms with Crippen molar-refractivity contribution >= 4 is 17.2 Å². The highest BCUT2D eigenvalue weighted by Gasteiger charge is 2.19. The highest BCUT2D eigenvalue weighted by atomic mass is 16.5. The fraction of sp³-hybridized carbons (Fsp3) is 0.438. The molecule has 3 nitrogen and oxygen atoms in total. The van der Waals surface area contributed by atoms with Gasteiger partial charge in [-0.25, -0.2) is 0 Å². The van der Waals surface area contributed by atoms with Gasteiger partial charge in [0.1, 0.15) is 6.29 Å². The van der Waals surface area contributed by atoms with Crippen LogP contribution in [0, 0.1) is 0 Å². The second-order valence-electron chi connectivity index (χ2n) is 5.17. The summed E-state index contributed by atoms with van der Waals surface area (Å²) < 4.78 is 7.60. The molecule has 1 aromatic carbocycles. The van der Waals surface area contributed by atoms with E-state index in [-0.39, 0.29) is 0 Å². The molecule has 2 aromatic rings. The molecule has 0 saturated heterocycles. The normalized spacial score (nSPS) is 14.6. The number of carbonyl (C=O) groups excluding carboxylic acids is 1. The van der Waals surface area contributed by atoms with Gasteiger partial charge in [0.05, 0.1) is 6.61 Å². The first-order valence-corrected chi connectivity index (χ1v) is 6.93. The van der Waals surface area contributed by atoms with Crippen LogP contribution in [0.5, 0.6) is 0 Å². The van der Waals surface area contributed by atoms with Crippen LogP contribution in [-0.4, -0.2) is 24.6 Å². The lowest BCUT2D eigenvalue weighted by molar-refractivity contribution is 0.112. The summed E-state index contributed by atoms with van der Waals surface area (Å²) in [5, 5.41) is 1.26. The Kier molecular flexibility index (Phi) is 3.38. The first-order valence-electron chi connectivity index (χ1n) is 6.93. The van der Waals surface area contributed by atoms with Gasteiger partial charge in [-0.3, -0.25) is 4.79 Å². The zero-order valence-corrected chi connectivity index (χ0v) is 11.3. The Labute approximate surface area is 113 Å². The van der Waals surface area contributed by atoms with Gasteiger partial charge in [0.2, 0.25) is 0 Å². The summed E-state index contributed by atoms with van der Waals surface area (Å²) >= 11 is 0. The fourth-order valence-electron chi connectivity index (χ4n) is 3.16. The van der Waals surface area contributed by atoms with Crippen LogP contribution in [-0.2, 0) is 24.1 Å². The van der Waals surface area contributed by atoms with Crippen LogP contribution in [0.1, 0.15) is 34.5 Å². The maximum absolute atomic E-state index is 11.0. The quantitative estimate of drug-likeness (QED) is 0.788. The predicted octanol–water partition coefficient (Wildman–Crippen LogP) is 2.98. The molecule has 3 heteroatoms. The third-order valence-electron chi connectivity index (χ3n) is 4.06. The van der Waals surface area contributed by atoms with Crippen LogP contribution in [0.4, 0.5) is 0 Å². The molecule has 0 amide bonds. The summed E-state index contributed by atoms with van der Waals surface area (Å²) in [6.45, 7) is 1.62. The lowest BCUT2D eigenvalue weighted by atomic mass is 9.95. The Hall–Kier alpha value is -1.61. The SMILES string of the molecule is COCCn1c2c(c3cc(C=O)ccc31)CCCC2. The molecular formula is C16H19NO2. The van der Waals surface area contributed by atoms with Crippen LogP contribution in [0.25, 0.3) is 10.9 Å². The molecule has 1 aliphatic carbocycles. The molecule has 1 aromatic heterocycles. The Morgan fingerprint density at radius 1 is 1.32 bits per heavy atom. The maximum atomic E-state index is 11.0. The summed E-state index contributed by atoms with van der Waals surface area (Å²) in [5.74, 6) is 0. The molecule has 0 aliphatic heterocycles. The van der Waals surface area contributed by atoms with E-state index < -0.39 is 0 Å². The van der Waals surface area contributed by atoms with Gasteiger partial charge >= 0.3 is 0 Å². The van der Waals surface area contributed by atoms with E-state index in [1.165, 1.54) is 35.0 Å². The van der Waals surface area contributed by atoms with Gasteiger partial charge in [-0.1, -0.05) is 0 Å². The molecule has 0 saturated carbocycles. The third kappa shape index (κ3) is 2.08. The molecule has 3 rings (SSSR count). The standard InChI is InChI=1S/C16H19NO2/c1-19-9-8-17-15-5-3-2-4-13(15)14-10-12(11-18)6-7-16(14)17/h6-7,10-11H,2-5,8-9H2,1H3. The van der Waals surface area contributed by atoms with Crippen LogP contribution in [0.15, 0.2) is 18.2 Å². The highest BCUT2D eigenvalue weighted by Crippen LogP contribution is 2.32. The minimum absolute atomic E-state index is 0.728. The van der Waals surface area contributed by atoms with Gasteiger partial charge in [-0.05, 0) is 49.4 Å². The van der Waals surface area contributed by atoms with Gasteiger partial charge in [-0.2, -0.15) is 0 Å². The topological polar surface area (TPSA) is 31.2 Å². The van der Waals surface area contributed by atoms with Crippen molar-refractivity contribution < 1.29 is 9.53 Å². The first kappa shape index (κ1) is 12.4. The monoisotopic (exact) mass is 257 g/mol. The van der Waals surface area contributed by atoms with Gasteiger partial charge in [-0.15, -0.1) is 0 Å². The number of aryl methyl sites for hydroxylation is 1. The van der Waals surface area contributed by atoms with Gasteiger partial charge in [0.25, 0.3) is 0 Å². The number of ether oxygens (including phenoxy) is 1. The summed E-state index contributed by atoms with van der Waals surface area (Å²) in [7, 11) is 1.74. The largest absolute Gasteiger partial charge is 0.383 e. The molecule has 0 radical (unpaired) electrons. The summed E-state index contributed by atoms with van der Waals surface area (Å²) in [4.78, 5) is 11.0. The molecular weight excluding hydrogens is 238 g/mol. The zero-order valence-electron chi connectivity index (χ0n) is 11.3. The molecule has 19 heavy (non-hydrogen) atoms. The second-order valence-corrected chi connectivity index (χ2v) is 5.17. The van der Waals surface area contributed by atoms with Gasteiger partial charge in [0.15, 0.2) is 0 Å². The Balaban J connectivity index is 2.19. The minimum atomic E-state index is 0.728. The maximum Gasteiger partial charge on any atom is 0.150 e. The number of fused-ring (bicyclic) bond motifs is 3. The van der Waals surface area contributed by atoms with E-state index in [2.05, 4.69) is 10.6 Å². The van der Waals surface area contributed by atoms with Gasteiger partial charge in [0, 0.05) is 35.8 Å². The number of aldehydes is 1. The number of hydrogen-bond acceptors (Lipinski definition) is 2. The molecule has 1 aliphatic rings. The van der Waals surface area contributed by atoms with Gasteiger partial charge < -0.3 is 9.30 Å². The van der Waals surface area contributed by atoms with E-state index in [1.54, 1.807) is 7.11 Å². The molecule has 100 valence electrons. The molecule has 0 bridgehead atoms. The van der Waals surface area contributed by atoms with Crippen molar-refractivity contribution in [2.24, 2.45) is 0 Å². The van der Waals surface area contributed by atoms with Crippen LogP contribution >= 0.6 is 0 Å². The van der Waals surface area contributed by atoms with Crippen molar-refractivity contribution in [2.45, 2.75) is 32.2 Å². The van der Waals surface area contributed by atoms with E-state index >= 15 is 0 Å². The van der Waals surface area contributed by atoms with Crippen LogP contribution in [0.2, 0.25) is 0 Å². The lowest BCUT2D eigenvalue weighted by Gasteiger charge is -2.15. The van der Waals surface area contributed by atoms with E-state index in [0.717, 1.165) is 37.8 Å². The average molecular weight is 257 g/mol.